The maximum absolute atomic E-state index is 12.8. The van der Waals surface area contributed by atoms with Gasteiger partial charge in [0, 0.05) is 11.9 Å². The van der Waals surface area contributed by atoms with Gasteiger partial charge in [0.1, 0.15) is 5.75 Å². The van der Waals surface area contributed by atoms with Gasteiger partial charge in [0.2, 0.25) is 5.91 Å². The lowest BCUT2D eigenvalue weighted by Gasteiger charge is -2.45. The third-order valence-corrected chi connectivity index (χ3v) is 6.48. The van der Waals surface area contributed by atoms with Crippen LogP contribution in [0.3, 0.4) is 0 Å². The van der Waals surface area contributed by atoms with Crippen molar-refractivity contribution in [3.8, 4) is 16.9 Å². The number of rotatable bonds is 3. The van der Waals surface area contributed by atoms with Crippen LogP contribution < -0.4 is 5.32 Å². The first-order chi connectivity index (χ1) is 11.9. The number of amides is 1. The van der Waals surface area contributed by atoms with E-state index in [1.165, 1.54) is 4.90 Å². The molecule has 1 amide bonds. The van der Waals surface area contributed by atoms with Crippen LogP contribution in [0.25, 0.3) is 11.1 Å². The van der Waals surface area contributed by atoms with E-state index in [4.69, 9.17) is 5.41 Å². The lowest BCUT2D eigenvalue weighted by Crippen LogP contribution is -2.64. The first-order valence-electron chi connectivity index (χ1n) is 8.43. The average molecular weight is 355 g/mol. The van der Waals surface area contributed by atoms with Gasteiger partial charge in [-0.15, -0.1) is 11.3 Å². The number of hydrogen-bond acceptors (Lipinski definition) is 4. The predicted molar refractivity (Wildman–Crippen MR) is 98.6 cm³/mol. The van der Waals surface area contributed by atoms with E-state index in [2.05, 4.69) is 11.4 Å². The fraction of sp³-hybridized carbons (Fsp3) is 0.368. The minimum atomic E-state index is -0.568. The molecule has 2 fully saturated rings. The zero-order valence-electron chi connectivity index (χ0n) is 14.2. The Labute approximate surface area is 150 Å². The van der Waals surface area contributed by atoms with E-state index < -0.39 is 5.54 Å². The summed E-state index contributed by atoms with van der Waals surface area (Å²) in [6.45, 7) is 2.04. The van der Waals surface area contributed by atoms with E-state index in [0.717, 1.165) is 28.8 Å². The number of phenolic OH excluding ortho intramolecular Hbond substituents is 1. The van der Waals surface area contributed by atoms with Gasteiger partial charge in [-0.25, -0.2) is 0 Å². The number of carbonyl (C=O) groups excluding carboxylic acids is 1. The highest BCUT2D eigenvalue weighted by Crippen LogP contribution is 2.49. The van der Waals surface area contributed by atoms with Crippen LogP contribution >= 0.6 is 11.3 Å². The Hall–Kier alpha value is -2.34. The Morgan fingerprint density at radius 3 is 2.76 bits per heavy atom. The number of hydrogen-bond donors (Lipinski definition) is 3. The Kier molecular flexibility index (Phi) is 3.61. The van der Waals surface area contributed by atoms with Gasteiger partial charge >= 0.3 is 0 Å². The molecule has 1 aliphatic heterocycles. The molecule has 130 valence electrons. The zero-order valence-corrected chi connectivity index (χ0v) is 15.1. The molecule has 1 aromatic heterocycles. The van der Waals surface area contributed by atoms with Crippen LogP contribution in [0, 0.1) is 17.2 Å². The number of benzene rings is 1. The molecule has 1 aromatic carbocycles. The van der Waals surface area contributed by atoms with E-state index in [1.54, 1.807) is 30.5 Å². The number of nitrogens with zero attached hydrogens (tertiary/aromatic N) is 1. The molecule has 5 nitrogen and oxygen atoms in total. The molecule has 1 saturated heterocycles. The second-order valence-corrected chi connectivity index (χ2v) is 8.05. The smallest absolute Gasteiger partial charge is 0.235 e. The van der Waals surface area contributed by atoms with Crippen molar-refractivity contribution in [1.29, 1.82) is 5.41 Å². The van der Waals surface area contributed by atoms with Crippen LogP contribution in [0.1, 0.15) is 24.6 Å². The maximum atomic E-state index is 12.8. The van der Waals surface area contributed by atoms with Crippen LogP contribution in [0.5, 0.6) is 5.75 Å². The molecule has 25 heavy (non-hydrogen) atoms. The van der Waals surface area contributed by atoms with Crippen molar-refractivity contribution in [3.05, 3.63) is 40.6 Å². The predicted octanol–water partition coefficient (Wildman–Crippen LogP) is 3.36. The highest BCUT2D eigenvalue weighted by atomic mass is 32.1. The normalized spacial score (nSPS) is 26.6. The van der Waals surface area contributed by atoms with Crippen LogP contribution in [0.2, 0.25) is 0 Å². The van der Waals surface area contributed by atoms with Crippen LogP contribution in [0.4, 0.5) is 0 Å². The quantitative estimate of drug-likeness (QED) is 0.790. The summed E-state index contributed by atoms with van der Waals surface area (Å²) in [6, 6.07) is 9.25. The third kappa shape index (κ3) is 2.61. The summed E-state index contributed by atoms with van der Waals surface area (Å²) < 4.78 is 0. The van der Waals surface area contributed by atoms with Gasteiger partial charge in [-0.1, -0.05) is 12.1 Å². The topological polar surface area (TPSA) is 76.4 Å². The average Bonchev–Trinajstić information content (AvgIpc) is 3.26. The summed E-state index contributed by atoms with van der Waals surface area (Å²) in [4.78, 5) is 15.3. The first kappa shape index (κ1) is 16.1. The fourth-order valence-corrected chi connectivity index (χ4v) is 4.81. The van der Waals surface area contributed by atoms with Gasteiger partial charge in [0.05, 0.1) is 11.5 Å². The van der Waals surface area contributed by atoms with Crippen molar-refractivity contribution >= 4 is 23.2 Å². The van der Waals surface area contributed by atoms with Crippen molar-refractivity contribution in [2.45, 2.75) is 25.3 Å². The van der Waals surface area contributed by atoms with Gasteiger partial charge in [-0.05, 0) is 60.4 Å². The largest absolute Gasteiger partial charge is 0.508 e. The summed E-state index contributed by atoms with van der Waals surface area (Å²) in [5, 5.41) is 23.2. The molecule has 2 aromatic rings. The minimum absolute atomic E-state index is 0.0288. The van der Waals surface area contributed by atoms with Crippen molar-refractivity contribution in [2.24, 2.45) is 11.8 Å². The van der Waals surface area contributed by atoms with E-state index in [9.17, 15) is 9.90 Å². The summed E-state index contributed by atoms with van der Waals surface area (Å²) >= 11 is 1.60. The van der Waals surface area contributed by atoms with Crippen molar-refractivity contribution in [3.63, 3.8) is 0 Å². The number of guanidine groups is 1. The first-order valence-corrected chi connectivity index (χ1v) is 9.31. The number of carbonyl (C=O) groups is 1. The Morgan fingerprint density at radius 1 is 1.32 bits per heavy atom. The van der Waals surface area contributed by atoms with Gasteiger partial charge < -0.3 is 10.4 Å². The fourth-order valence-electron chi connectivity index (χ4n) is 3.74. The molecule has 4 rings (SSSR count). The molecule has 2 aliphatic rings. The SMILES string of the molecule is CN1C(=N)N[C@](C)(c2cc(-c3cccc(O)c3)cs2)[C@H](C2CC2)C1=O. The molecule has 0 radical (unpaired) electrons. The molecule has 0 bridgehead atoms. The molecular weight excluding hydrogens is 334 g/mol. The second kappa shape index (κ2) is 5.59. The van der Waals surface area contributed by atoms with Crippen molar-refractivity contribution in [2.75, 3.05) is 7.05 Å². The Morgan fingerprint density at radius 2 is 2.08 bits per heavy atom. The molecule has 2 heterocycles. The van der Waals surface area contributed by atoms with Crippen molar-refractivity contribution in [1.82, 2.24) is 10.2 Å². The van der Waals surface area contributed by atoms with Gasteiger partial charge in [-0.2, -0.15) is 0 Å². The molecule has 6 heteroatoms. The molecule has 1 aliphatic carbocycles. The monoisotopic (exact) mass is 355 g/mol. The molecule has 3 N–H and O–H groups in total. The van der Waals surface area contributed by atoms with Crippen molar-refractivity contribution < 1.29 is 9.90 Å². The number of thiophene rings is 1. The second-order valence-electron chi connectivity index (χ2n) is 7.14. The van der Waals surface area contributed by atoms with Gasteiger partial charge in [0.15, 0.2) is 5.96 Å². The number of aromatic hydroxyl groups is 1. The molecule has 2 atom stereocenters. The Balaban J connectivity index is 1.74. The standard InChI is InChI=1S/C19H21N3O2S/c1-19(16(11-6-7-11)17(24)22(2)18(20)21-19)15-9-13(10-25-15)12-4-3-5-14(23)8-12/h3-5,8-11,16,23H,6-7H2,1-2H3,(H2,20,21)/t16-,19-/m1/s1. The summed E-state index contributed by atoms with van der Waals surface area (Å²) in [5.74, 6) is 0.647. The lowest BCUT2D eigenvalue weighted by atomic mass is 9.78. The minimum Gasteiger partial charge on any atom is -0.508 e. The summed E-state index contributed by atoms with van der Waals surface area (Å²) in [5.41, 5.74) is 1.40. The lowest BCUT2D eigenvalue weighted by molar-refractivity contribution is -0.136. The van der Waals surface area contributed by atoms with E-state index in [0.29, 0.717) is 5.92 Å². The highest BCUT2D eigenvalue weighted by Gasteiger charge is 2.54. The van der Waals surface area contributed by atoms with Crippen LogP contribution in [0.15, 0.2) is 35.7 Å². The summed E-state index contributed by atoms with van der Waals surface area (Å²) in [6.07, 6.45) is 2.14. The van der Waals surface area contributed by atoms with E-state index in [1.807, 2.05) is 24.4 Å². The number of nitrogens with one attached hydrogen (secondary N) is 2. The van der Waals surface area contributed by atoms with Gasteiger partial charge in [0.25, 0.3) is 0 Å². The highest BCUT2D eigenvalue weighted by molar-refractivity contribution is 7.10. The number of phenols is 1. The van der Waals surface area contributed by atoms with Crippen LogP contribution in [-0.2, 0) is 10.3 Å². The Bertz CT molecular complexity index is 858. The van der Waals surface area contributed by atoms with Crippen LogP contribution in [-0.4, -0.2) is 28.9 Å². The molecular formula is C19H21N3O2S. The maximum Gasteiger partial charge on any atom is 0.235 e. The third-order valence-electron chi connectivity index (χ3n) is 5.32. The van der Waals surface area contributed by atoms with E-state index in [-0.39, 0.29) is 23.5 Å². The summed E-state index contributed by atoms with van der Waals surface area (Å²) in [7, 11) is 1.67. The zero-order chi connectivity index (χ0) is 17.8. The molecule has 1 saturated carbocycles. The van der Waals surface area contributed by atoms with E-state index >= 15 is 0 Å². The molecule has 0 unspecified atom stereocenters. The van der Waals surface area contributed by atoms with Gasteiger partial charge in [-0.3, -0.25) is 15.1 Å². The molecule has 0 spiro atoms.